The molecule has 2 heterocycles. The molecule has 164 valence electrons. The number of amides is 1. The number of aromatic carboxylic acids is 1. The van der Waals surface area contributed by atoms with Gasteiger partial charge in [0.15, 0.2) is 5.69 Å². The van der Waals surface area contributed by atoms with E-state index in [-0.39, 0.29) is 42.6 Å². The zero-order chi connectivity index (χ0) is 21.0. The highest BCUT2D eigenvalue weighted by Crippen LogP contribution is 2.31. The molecule has 11 heteroatoms. The number of hydrogen-bond donors (Lipinski definition) is 3. The van der Waals surface area contributed by atoms with Crippen molar-refractivity contribution in [2.24, 2.45) is 5.92 Å². The summed E-state index contributed by atoms with van der Waals surface area (Å²) in [6.45, 7) is 3.94. The first kappa shape index (κ1) is 24.4. The van der Waals surface area contributed by atoms with Crippen LogP contribution in [-0.4, -0.2) is 53.0 Å². The summed E-state index contributed by atoms with van der Waals surface area (Å²) < 4.78 is 7.37. The summed E-state index contributed by atoms with van der Waals surface area (Å²) in [6, 6.07) is 6.82. The molecule has 0 saturated carbocycles. The molecule has 1 fully saturated rings. The molecule has 1 aromatic heterocycles. The topological polar surface area (TPSA) is 105 Å². The van der Waals surface area contributed by atoms with Crippen molar-refractivity contribution >= 4 is 47.5 Å². The van der Waals surface area contributed by atoms with Gasteiger partial charge in [0.2, 0.25) is 5.91 Å². The first-order valence-corrected chi connectivity index (χ1v) is 9.92. The van der Waals surface area contributed by atoms with Gasteiger partial charge in [0.1, 0.15) is 6.54 Å². The van der Waals surface area contributed by atoms with E-state index in [4.69, 9.17) is 33.0 Å². The third kappa shape index (κ3) is 6.09. The fourth-order valence-corrected chi connectivity index (χ4v) is 3.54. The predicted octanol–water partition coefficient (Wildman–Crippen LogP) is 2.71. The van der Waals surface area contributed by atoms with Gasteiger partial charge in [-0.1, -0.05) is 29.3 Å². The van der Waals surface area contributed by atoms with Gasteiger partial charge in [0.05, 0.1) is 22.8 Å². The van der Waals surface area contributed by atoms with E-state index < -0.39 is 5.97 Å². The third-order valence-electron chi connectivity index (χ3n) is 4.74. The standard InChI is InChI=1S/C19H22Cl2N4O4.ClH/c1-11-6-16(19(27)28)24-25(11)10-17(26)23-9-13-8-22-4-5-29-18(13)12-2-3-14(20)15(21)7-12;/h2-3,6-7,13,18,22H,4-5,8-10H2,1H3,(H,23,26)(H,27,28);1H/t13-,18-;/m0./s1. The molecule has 8 nitrogen and oxygen atoms in total. The zero-order valence-corrected chi connectivity index (χ0v) is 18.6. The van der Waals surface area contributed by atoms with Crippen molar-refractivity contribution < 1.29 is 19.4 Å². The minimum atomic E-state index is -1.13. The number of hydrogen-bond acceptors (Lipinski definition) is 5. The summed E-state index contributed by atoms with van der Waals surface area (Å²) in [4.78, 5) is 23.4. The van der Waals surface area contributed by atoms with Crippen LogP contribution in [0.2, 0.25) is 10.0 Å². The quantitative estimate of drug-likeness (QED) is 0.591. The van der Waals surface area contributed by atoms with Gasteiger partial charge in [-0.15, -0.1) is 12.4 Å². The first-order valence-electron chi connectivity index (χ1n) is 9.17. The van der Waals surface area contributed by atoms with Crippen molar-refractivity contribution in [3.05, 3.63) is 51.3 Å². The van der Waals surface area contributed by atoms with E-state index in [2.05, 4.69) is 15.7 Å². The van der Waals surface area contributed by atoms with Crippen LogP contribution in [0.25, 0.3) is 0 Å². The molecule has 3 rings (SSSR count). The Morgan fingerprint density at radius 3 is 2.77 bits per heavy atom. The van der Waals surface area contributed by atoms with Crippen molar-refractivity contribution in [1.29, 1.82) is 0 Å². The van der Waals surface area contributed by atoms with E-state index in [1.165, 1.54) is 10.7 Å². The molecule has 1 aromatic carbocycles. The van der Waals surface area contributed by atoms with Gasteiger partial charge in [0.25, 0.3) is 0 Å². The maximum absolute atomic E-state index is 12.4. The molecule has 1 saturated heterocycles. The van der Waals surface area contributed by atoms with E-state index in [1.54, 1.807) is 19.1 Å². The van der Waals surface area contributed by atoms with Crippen LogP contribution in [0.1, 0.15) is 27.8 Å². The maximum atomic E-state index is 12.4. The highest BCUT2D eigenvalue weighted by Gasteiger charge is 2.27. The van der Waals surface area contributed by atoms with Crippen LogP contribution in [0.4, 0.5) is 0 Å². The molecule has 2 aromatic rings. The van der Waals surface area contributed by atoms with Crippen LogP contribution in [0.5, 0.6) is 0 Å². The second kappa shape index (κ2) is 11.0. The van der Waals surface area contributed by atoms with E-state index in [0.29, 0.717) is 42.0 Å². The number of nitrogens with zero attached hydrogens (tertiary/aromatic N) is 2. The molecule has 0 unspecified atom stereocenters. The average Bonchev–Trinajstić information content (AvgIpc) is 2.89. The summed E-state index contributed by atoms with van der Waals surface area (Å²) in [7, 11) is 0. The van der Waals surface area contributed by atoms with Crippen molar-refractivity contribution in [2.45, 2.75) is 19.6 Å². The van der Waals surface area contributed by atoms with Crippen molar-refractivity contribution in [3.8, 4) is 0 Å². The molecule has 1 amide bonds. The highest BCUT2D eigenvalue weighted by molar-refractivity contribution is 6.42. The molecule has 0 spiro atoms. The number of benzene rings is 1. The van der Waals surface area contributed by atoms with E-state index in [0.717, 1.165) is 5.56 Å². The second-order valence-electron chi connectivity index (χ2n) is 6.87. The third-order valence-corrected chi connectivity index (χ3v) is 5.48. The van der Waals surface area contributed by atoms with Gasteiger partial charge in [-0.3, -0.25) is 9.48 Å². The minimum absolute atomic E-state index is 0. The summed E-state index contributed by atoms with van der Waals surface area (Å²) in [5, 5.41) is 20.1. The Balaban J connectivity index is 0.00000320. The van der Waals surface area contributed by atoms with Gasteiger partial charge < -0.3 is 20.5 Å². The first-order chi connectivity index (χ1) is 13.8. The molecule has 0 radical (unpaired) electrons. The Morgan fingerprint density at radius 1 is 1.33 bits per heavy atom. The number of aryl methyl sites for hydroxylation is 1. The monoisotopic (exact) mass is 476 g/mol. The van der Waals surface area contributed by atoms with Crippen molar-refractivity contribution in [2.75, 3.05) is 26.2 Å². The SMILES string of the molecule is Cc1cc(C(=O)O)nn1CC(=O)NC[C@@H]1CNCCO[C@H]1c1ccc(Cl)c(Cl)c1.Cl. The Hall–Kier alpha value is -1.84. The maximum Gasteiger partial charge on any atom is 0.356 e. The fourth-order valence-electron chi connectivity index (χ4n) is 3.24. The molecule has 1 aliphatic rings. The van der Waals surface area contributed by atoms with Crippen LogP contribution in [0, 0.1) is 12.8 Å². The van der Waals surface area contributed by atoms with Gasteiger partial charge in [-0.2, -0.15) is 5.10 Å². The van der Waals surface area contributed by atoms with Crippen molar-refractivity contribution in [3.63, 3.8) is 0 Å². The molecule has 0 aliphatic carbocycles. The molecule has 0 bridgehead atoms. The van der Waals surface area contributed by atoms with Gasteiger partial charge >= 0.3 is 5.97 Å². The number of halogens is 3. The van der Waals surface area contributed by atoms with Crippen LogP contribution < -0.4 is 10.6 Å². The molecule has 30 heavy (non-hydrogen) atoms. The lowest BCUT2D eigenvalue weighted by Gasteiger charge is -2.25. The molecular formula is C19H23Cl3N4O4. The number of carbonyl (C=O) groups is 2. The minimum Gasteiger partial charge on any atom is -0.476 e. The van der Waals surface area contributed by atoms with Crippen LogP contribution in [-0.2, 0) is 16.1 Å². The fraction of sp³-hybridized carbons (Fsp3) is 0.421. The molecule has 1 aliphatic heterocycles. The number of ether oxygens (including phenoxy) is 1. The largest absolute Gasteiger partial charge is 0.476 e. The van der Waals surface area contributed by atoms with Crippen LogP contribution >= 0.6 is 35.6 Å². The molecule has 3 N–H and O–H groups in total. The number of carbonyl (C=O) groups excluding carboxylic acids is 1. The lowest BCUT2D eigenvalue weighted by molar-refractivity contribution is -0.122. The highest BCUT2D eigenvalue weighted by atomic mass is 35.5. The molecule has 2 atom stereocenters. The second-order valence-corrected chi connectivity index (χ2v) is 7.68. The van der Waals surface area contributed by atoms with Gasteiger partial charge in [-0.05, 0) is 30.7 Å². The Labute approximate surface area is 190 Å². The van der Waals surface area contributed by atoms with Crippen LogP contribution in [0.15, 0.2) is 24.3 Å². The normalized spacial score (nSPS) is 18.9. The van der Waals surface area contributed by atoms with Crippen molar-refractivity contribution in [1.82, 2.24) is 20.4 Å². The Bertz CT molecular complexity index is 906. The number of carboxylic acid groups (broad SMARTS) is 1. The lowest BCUT2D eigenvalue weighted by Crippen LogP contribution is -2.38. The Kier molecular flexibility index (Phi) is 8.93. The van der Waals surface area contributed by atoms with E-state index >= 15 is 0 Å². The summed E-state index contributed by atoms with van der Waals surface area (Å²) in [6.07, 6.45) is -0.245. The summed E-state index contributed by atoms with van der Waals surface area (Å²) in [5.41, 5.74) is 1.42. The average molecular weight is 478 g/mol. The van der Waals surface area contributed by atoms with E-state index in [9.17, 15) is 9.59 Å². The molecular weight excluding hydrogens is 455 g/mol. The summed E-state index contributed by atoms with van der Waals surface area (Å²) in [5.74, 6) is -1.41. The smallest absolute Gasteiger partial charge is 0.356 e. The van der Waals surface area contributed by atoms with Gasteiger partial charge in [-0.25, -0.2) is 4.79 Å². The zero-order valence-electron chi connectivity index (χ0n) is 16.2. The number of nitrogens with one attached hydrogen (secondary N) is 2. The number of carboxylic acids is 1. The summed E-state index contributed by atoms with van der Waals surface area (Å²) >= 11 is 12.2. The van der Waals surface area contributed by atoms with Gasteiger partial charge in [0, 0.05) is 31.2 Å². The predicted molar refractivity (Wildman–Crippen MR) is 116 cm³/mol. The van der Waals surface area contributed by atoms with E-state index in [1.807, 2.05) is 6.07 Å². The number of aromatic nitrogens is 2. The number of rotatable bonds is 6. The van der Waals surface area contributed by atoms with Crippen LogP contribution in [0.3, 0.4) is 0 Å². The Morgan fingerprint density at radius 2 is 2.10 bits per heavy atom. The lowest BCUT2D eigenvalue weighted by atomic mass is 9.95.